The molecule has 1 atom stereocenters. The molecule has 0 amide bonds. The summed E-state index contributed by atoms with van der Waals surface area (Å²) in [5.74, 6) is 0. The van der Waals surface area contributed by atoms with Crippen LogP contribution in [0.15, 0.2) is 104 Å². The molecule has 1 N–H and O–H groups in total. The number of hydrogen-bond donors (Lipinski definition) is 1. The van der Waals surface area contributed by atoms with Crippen LogP contribution in [0.3, 0.4) is 0 Å². The van der Waals surface area contributed by atoms with Gasteiger partial charge in [0.1, 0.15) is 5.60 Å². The number of hydrogen-bond acceptors (Lipinski definition) is 2. The summed E-state index contributed by atoms with van der Waals surface area (Å²) in [5.41, 5.74) is 2.25. The minimum atomic E-state index is -0.798. The SMILES string of the molecule is C=CC(O)COC(c1ccccc1)(c1ccccc1)c1ccccc1. The first-order valence-electron chi connectivity index (χ1n) is 8.38. The molecular formula is C23H22O2. The molecule has 0 saturated carbocycles. The average molecular weight is 330 g/mol. The number of rotatable bonds is 7. The fourth-order valence-corrected chi connectivity index (χ4v) is 3.05. The maximum atomic E-state index is 10.0. The number of aliphatic hydroxyl groups excluding tert-OH is 1. The first-order chi connectivity index (χ1) is 12.3. The van der Waals surface area contributed by atoms with E-state index in [2.05, 4.69) is 43.0 Å². The Labute approximate surface area is 149 Å². The number of aliphatic hydroxyl groups is 1. The lowest BCUT2D eigenvalue weighted by Gasteiger charge is -2.36. The van der Waals surface area contributed by atoms with Gasteiger partial charge in [-0.2, -0.15) is 0 Å². The van der Waals surface area contributed by atoms with Gasteiger partial charge in [-0.3, -0.25) is 0 Å². The molecule has 0 fully saturated rings. The smallest absolute Gasteiger partial charge is 0.143 e. The van der Waals surface area contributed by atoms with Gasteiger partial charge in [0.2, 0.25) is 0 Å². The van der Waals surface area contributed by atoms with Crippen molar-refractivity contribution in [3.8, 4) is 0 Å². The predicted octanol–water partition coefficient (Wildman–Crippen LogP) is 4.54. The summed E-state index contributed by atoms with van der Waals surface area (Å²) in [6.07, 6.45) is 0.765. The fraction of sp³-hybridized carbons (Fsp3) is 0.130. The largest absolute Gasteiger partial charge is 0.387 e. The van der Waals surface area contributed by atoms with Gasteiger partial charge in [-0.05, 0) is 16.7 Å². The number of ether oxygens (including phenoxy) is 1. The molecule has 0 aliphatic rings. The van der Waals surface area contributed by atoms with Crippen molar-refractivity contribution in [3.63, 3.8) is 0 Å². The molecule has 2 nitrogen and oxygen atoms in total. The van der Waals surface area contributed by atoms with Crippen LogP contribution in [-0.4, -0.2) is 17.8 Å². The summed E-state index contributed by atoms with van der Waals surface area (Å²) in [7, 11) is 0. The van der Waals surface area contributed by atoms with E-state index in [1.807, 2.05) is 54.6 Å². The monoisotopic (exact) mass is 330 g/mol. The molecule has 0 saturated heterocycles. The van der Waals surface area contributed by atoms with E-state index in [0.29, 0.717) is 0 Å². The van der Waals surface area contributed by atoms with Crippen molar-refractivity contribution in [1.29, 1.82) is 0 Å². The second kappa shape index (κ2) is 7.93. The van der Waals surface area contributed by atoms with Crippen LogP contribution in [0, 0.1) is 0 Å². The van der Waals surface area contributed by atoms with Crippen molar-refractivity contribution < 1.29 is 9.84 Å². The molecular weight excluding hydrogens is 308 g/mol. The first-order valence-corrected chi connectivity index (χ1v) is 8.38. The van der Waals surface area contributed by atoms with Gasteiger partial charge >= 0.3 is 0 Å². The molecule has 0 bridgehead atoms. The molecule has 0 aromatic heterocycles. The summed E-state index contributed by atoms with van der Waals surface area (Å²) in [6.45, 7) is 3.80. The van der Waals surface area contributed by atoms with E-state index in [-0.39, 0.29) is 6.61 Å². The Hall–Kier alpha value is -2.68. The van der Waals surface area contributed by atoms with Gasteiger partial charge in [0.05, 0.1) is 12.7 Å². The summed E-state index contributed by atoms with van der Waals surface area (Å²) >= 11 is 0. The lowest BCUT2D eigenvalue weighted by molar-refractivity contribution is -0.0248. The van der Waals surface area contributed by atoms with Crippen molar-refractivity contribution >= 4 is 0 Å². The maximum Gasteiger partial charge on any atom is 0.143 e. The van der Waals surface area contributed by atoms with Gasteiger partial charge in [-0.15, -0.1) is 6.58 Å². The summed E-state index contributed by atoms with van der Waals surface area (Å²) < 4.78 is 6.42. The molecule has 0 heterocycles. The topological polar surface area (TPSA) is 29.5 Å². The van der Waals surface area contributed by atoms with E-state index in [1.165, 1.54) is 6.08 Å². The fourth-order valence-electron chi connectivity index (χ4n) is 3.05. The molecule has 0 aliphatic carbocycles. The molecule has 0 aliphatic heterocycles. The molecule has 0 spiro atoms. The van der Waals surface area contributed by atoms with E-state index < -0.39 is 11.7 Å². The van der Waals surface area contributed by atoms with Crippen molar-refractivity contribution in [2.24, 2.45) is 0 Å². The number of benzene rings is 3. The maximum absolute atomic E-state index is 10.0. The minimum Gasteiger partial charge on any atom is -0.387 e. The third-order valence-electron chi connectivity index (χ3n) is 4.28. The van der Waals surface area contributed by atoms with Gasteiger partial charge in [0.25, 0.3) is 0 Å². The predicted molar refractivity (Wildman–Crippen MR) is 101 cm³/mol. The highest BCUT2D eigenvalue weighted by atomic mass is 16.5. The van der Waals surface area contributed by atoms with Gasteiger partial charge in [0, 0.05) is 0 Å². The van der Waals surface area contributed by atoms with Crippen molar-refractivity contribution in [2.45, 2.75) is 11.7 Å². The second-order valence-electron chi connectivity index (χ2n) is 5.89. The summed E-state index contributed by atoms with van der Waals surface area (Å²) in [5, 5.41) is 10.0. The zero-order chi connectivity index (χ0) is 17.5. The van der Waals surface area contributed by atoms with Crippen LogP contribution < -0.4 is 0 Å². The molecule has 1 unspecified atom stereocenters. The van der Waals surface area contributed by atoms with Crippen LogP contribution in [0.25, 0.3) is 0 Å². The van der Waals surface area contributed by atoms with E-state index >= 15 is 0 Å². The van der Waals surface area contributed by atoms with E-state index in [0.717, 1.165) is 16.7 Å². The van der Waals surface area contributed by atoms with Crippen LogP contribution in [0.1, 0.15) is 16.7 Å². The van der Waals surface area contributed by atoms with Crippen LogP contribution in [-0.2, 0) is 10.3 Å². The molecule has 3 aromatic rings. The standard InChI is InChI=1S/C23H22O2/c1-2-22(24)18-25-23(19-12-6-3-7-13-19,20-14-8-4-9-15-20)21-16-10-5-11-17-21/h2-17,22,24H,1,18H2. The molecule has 25 heavy (non-hydrogen) atoms. The van der Waals surface area contributed by atoms with E-state index in [9.17, 15) is 5.11 Å². The highest BCUT2D eigenvalue weighted by Gasteiger charge is 2.37. The van der Waals surface area contributed by atoms with E-state index in [4.69, 9.17) is 4.74 Å². The third-order valence-corrected chi connectivity index (χ3v) is 4.28. The Kier molecular flexibility index (Phi) is 5.44. The second-order valence-corrected chi connectivity index (χ2v) is 5.89. The molecule has 0 radical (unpaired) electrons. The molecule has 126 valence electrons. The summed E-state index contributed by atoms with van der Waals surface area (Å²) in [4.78, 5) is 0. The Morgan fingerprint density at radius 2 is 1.12 bits per heavy atom. The van der Waals surface area contributed by atoms with Crippen molar-refractivity contribution in [3.05, 3.63) is 120 Å². The molecule has 3 aromatic carbocycles. The lowest BCUT2D eigenvalue weighted by Crippen LogP contribution is -2.35. The molecule has 2 heteroatoms. The highest BCUT2D eigenvalue weighted by Crippen LogP contribution is 2.40. The van der Waals surface area contributed by atoms with E-state index in [1.54, 1.807) is 0 Å². The van der Waals surface area contributed by atoms with Crippen LogP contribution in [0.2, 0.25) is 0 Å². The Morgan fingerprint density at radius 3 is 1.44 bits per heavy atom. The zero-order valence-electron chi connectivity index (χ0n) is 14.1. The van der Waals surface area contributed by atoms with Gasteiger partial charge in [-0.1, -0.05) is 97.1 Å². The summed E-state index contributed by atoms with van der Waals surface area (Å²) in [6, 6.07) is 30.3. The zero-order valence-corrected chi connectivity index (χ0v) is 14.1. The lowest BCUT2D eigenvalue weighted by atomic mass is 9.80. The highest BCUT2D eigenvalue weighted by molar-refractivity contribution is 5.47. The van der Waals surface area contributed by atoms with Gasteiger partial charge < -0.3 is 9.84 Å². The quantitative estimate of drug-likeness (QED) is 0.509. The van der Waals surface area contributed by atoms with Crippen molar-refractivity contribution in [2.75, 3.05) is 6.61 Å². The van der Waals surface area contributed by atoms with Crippen LogP contribution in [0.4, 0.5) is 0 Å². The average Bonchev–Trinajstić information content (AvgIpc) is 2.71. The minimum absolute atomic E-state index is 0.155. The van der Waals surface area contributed by atoms with Gasteiger partial charge in [-0.25, -0.2) is 0 Å². The molecule has 3 rings (SSSR count). The Bertz CT molecular complexity index is 685. The first kappa shape index (κ1) is 17.2. The van der Waals surface area contributed by atoms with Gasteiger partial charge in [0.15, 0.2) is 0 Å². The Balaban J connectivity index is 2.22. The van der Waals surface area contributed by atoms with Crippen LogP contribution in [0.5, 0.6) is 0 Å². The normalized spacial score (nSPS) is 12.5. The Morgan fingerprint density at radius 1 is 0.760 bits per heavy atom. The van der Waals surface area contributed by atoms with Crippen LogP contribution >= 0.6 is 0 Å². The third kappa shape index (κ3) is 3.55. The van der Waals surface area contributed by atoms with Crippen molar-refractivity contribution in [1.82, 2.24) is 0 Å².